The maximum absolute atomic E-state index is 13.3. The van der Waals surface area contributed by atoms with Crippen molar-refractivity contribution in [2.45, 2.75) is 206 Å². The van der Waals surface area contributed by atoms with Crippen molar-refractivity contribution in [3.8, 4) is 0 Å². The average Bonchev–Trinajstić information content (AvgIpc) is 3.11. The van der Waals surface area contributed by atoms with E-state index in [-0.39, 0.29) is 11.8 Å². The fourth-order valence-corrected chi connectivity index (χ4v) is 7.10. The van der Waals surface area contributed by atoms with Crippen LogP contribution in [0.2, 0.25) is 0 Å². The lowest BCUT2D eigenvalue weighted by Crippen LogP contribution is -2.34. The second kappa shape index (κ2) is 39.3. The van der Waals surface area contributed by atoms with Crippen molar-refractivity contribution in [3.63, 3.8) is 0 Å². The molecule has 6 nitrogen and oxygen atoms in total. The Morgan fingerprint density at radius 2 is 0.596 bits per heavy atom. The highest BCUT2D eigenvalue weighted by molar-refractivity contribution is 5.76. The number of carbonyl (C=O) groups is 2. The molecule has 0 unspecified atom stereocenters. The van der Waals surface area contributed by atoms with Gasteiger partial charge in [0.15, 0.2) is 0 Å². The minimum atomic E-state index is 0.285. The number of hydrogen-bond donors (Lipinski definition) is 0. The van der Waals surface area contributed by atoms with Crippen LogP contribution in [0.4, 0.5) is 0 Å². The Morgan fingerprint density at radius 3 is 0.846 bits per heavy atom. The lowest BCUT2D eigenvalue weighted by atomic mass is 10.0. The van der Waals surface area contributed by atoms with Gasteiger partial charge in [-0.05, 0) is 67.0 Å². The molecule has 0 saturated heterocycles. The van der Waals surface area contributed by atoms with Gasteiger partial charge in [-0.2, -0.15) is 0 Å². The molecule has 308 valence electrons. The van der Waals surface area contributed by atoms with E-state index >= 15 is 0 Å². The first kappa shape index (κ1) is 50.6. The zero-order chi connectivity index (χ0) is 38.3. The second-order valence-electron chi connectivity index (χ2n) is 16.4. The van der Waals surface area contributed by atoms with E-state index in [2.05, 4.69) is 64.0 Å². The van der Waals surface area contributed by atoms with E-state index in [4.69, 9.17) is 0 Å². The highest BCUT2D eigenvalue weighted by atomic mass is 16.2. The summed E-state index contributed by atoms with van der Waals surface area (Å²) >= 11 is 0. The molecule has 0 aromatic carbocycles. The first-order valence-corrected chi connectivity index (χ1v) is 22.8. The second-order valence-corrected chi connectivity index (χ2v) is 16.4. The van der Waals surface area contributed by atoms with Crippen LogP contribution in [0.15, 0.2) is 12.2 Å². The Morgan fingerprint density at radius 1 is 0.346 bits per heavy atom. The van der Waals surface area contributed by atoms with Crippen molar-refractivity contribution in [2.75, 3.05) is 67.5 Å². The molecule has 0 aliphatic heterocycles. The van der Waals surface area contributed by atoms with Gasteiger partial charge in [-0.15, -0.1) is 0 Å². The van der Waals surface area contributed by atoms with Crippen molar-refractivity contribution < 1.29 is 9.59 Å². The van der Waals surface area contributed by atoms with Crippen molar-refractivity contribution in [1.29, 1.82) is 0 Å². The largest absolute Gasteiger partial charge is 0.339 e. The van der Waals surface area contributed by atoms with E-state index in [1.807, 2.05) is 9.80 Å². The zero-order valence-electron chi connectivity index (χ0n) is 36.2. The molecule has 0 saturated carbocycles. The van der Waals surface area contributed by atoms with E-state index in [0.717, 1.165) is 64.7 Å². The van der Waals surface area contributed by atoms with Gasteiger partial charge < -0.3 is 19.6 Å². The van der Waals surface area contributed by atoms with Gasteiger partial charge in [0.05, 0.1) is 0 Å². The monoisotopic (exact) mass is 733 g/mol. The van der Waals surface area contributed by atoms with E-state index in [0.29, 0.717) is 25.9 Å². The number of rotatable bonds is 40. The van der Waals surface area contributed by atoms with Gasteiger partial charge in [-0.25, -0.2) is 0 Å². The average molecular weight is 733 g/mol. The van der Waals surface area contributed by atoms with Crippen LogP contribution in [0, 0.1) is 0 Å². The highest BCUT2D eigenvalue weighted by Crippen LogP contribution is 2.15. The van der Waals surface area contributed by atoms with Crippen LogP contribution in [0.3, 0.4) is 0 Å². The van der Waals surface area contributed by atoms with Crippen LogP contribution in [-0.4, -0.2) is 98.9 Å². The molecule has 0 radical (unpaired) electrons. The Bertz CT molecular complexity index is 735. The SMILES string of the molecule is CCCCCCCCCCCCCCCC(=O)N(C/C=C\CN(CCCN(C)C)C(=O)CCCCCCCCCCCCCCC)CCCN(C)C. The number of nitrogens with zero attached hydrogens (tertiary/aromatic N) is 4. The van der Waals surface area contributed by atoms with Crippen LogP contribution in [0.25, 0.3) is 0 Å². The van der Waals surface area contributed by atoms with Gasteiger partial charge in [0.1, 0.15) is 0 Å². The summed E-state index contributed by atoms with van der Waals surface area (Å²) in [5.74, 6) is 0.570. The molecule has 6 heteroatoms. The molecule has 0 spiro atoms. The van der Waals surface area contributed by atoms with E-state index in [1.165, 1.54) is 141 Å². The number of hydrogen-bond acceptors (Lipinski definition) is 4. The standard InChI is InChI=1S/C46H92N4O2/c1-7-9-11-13-15-17-19-21-23-25-27-29-31-37-45(51)49(43-35-39-47(3)4)41-33-34-42-50(44-36-40-48(5)6)46(52)38-32-30-28-26-24-22-20-18-16-14-12-10-8-2/h33-34H,7-32,35-44H2,1-6H3/b34-33-. The first-order valence-electron chi connectivity index (χ1n) is 22.8. The summed E-state index contributed by atoms with van der Waals surface area (Å²) in [7, 11) is 8.39. The fourth-order valence-electron chi connectivity index (χ4n) is 7.10. The summed E-state index contributed by atoms with van der Waals surface area (Å²) in [6.07, 6.45) is 41.9. The molecular weight excluding hydrogens is 641 g/mol. The van der Waals surface area contributed by atoms with Crippen LogP contribution in [0.5, 0.6) is 0 Å². The third-order valence-electron chi connectivity index (χ3n) is 10.6. The number of carbonyl (C=O) groups excluding carboxylic acids is 2. The minimum absolute atomic E-state index is 0.285. The highest BCUT2D eigenvalue weighted by Gasteiger charge is 2.14. The smallest absolute Gasteiger partial charge is 0.222 e. The van der Waals surface area contributed by atoms with E-state index in [9.17, 15) is 9.59 Å². The van der Waals surface area contributed by atoms with Crippen LogP contribution < -0.4 is 0 Å². The summed E-state index contributed by atoms with van der Waals surface area (Å²) in [5, 5.41) is 0. The van der Waals surface area contributed by atoms with Gasteiger partial charge in [0.25, 0.3) is 0 Å². The predicted octanol–water partition coefficient (Wildman–Crippen LogP) is 12.1. The molecule has 0 heterocycles. The molecule has 0 fully saturated rings. The molecule has 0 aliphatic carbocycles. The summed E-state index contributed by atoms with van der Waals surface area (Å²) in [4.78, 5) is 35.0. The Kier molecular flexibility index (Phi) is 38.2. The van der Waals surface area contributed by atoms with Gasteiger partial charge >= 0.3 is 0 Å². The Balaban J connectivity index is 4.53. The quantitative estimate of drug-likeness (QED) is 0.0465. The van der Waals surface area contributed by atoms with Gasteiger partial charge in [-0.1, -0.05) is 180 Å². The molecule has 0 aromatic heterocycles. The van der Waals surface area contributed by atoms with Crippen LogP contribution in [-0.2, 0) is 9.59 Å². The predicted molar refractivity (Wildman–Crippen MR) is 229 cm³/mol. The van der Waals surface area contributed by atoms with Crippen molar-refractivity contribution in [1.82, 2.24) is 19.6 Å². The van der Waals surface area contributed by atoms with Crippen LogP contribution in [0.1, 0.15) is 206 Å². The molecule has 0 aliphatic rings. The molecule has 0 aromatic rings. The van der Waals surface area contributed by atoms with Gasteiger partial charge in [-0.3, -0.25) is 9.59 Å². The summed E-state index contributed by atoms with van der Waals surface area (Å²) in [6, 6.07) is 0. The summed E-state index contributed by atoms with van der Waals surface area (Å²) in [5.41, 5.74) is 0. The molecule has 0 N–H and O–H groups in total. The van der Waals surface area contributed by atoms with Crippen molar-refractivity contribution >= 4 is 11.8 Å². The summed E-state index contributed by atoms with van der Waals surface area (Å²) in [6.45, 7) is 9.41. The molecule has 52 heavy (non-hydrogen) atoms. The molecule has 0 rings (SSSR count). The molecular formula is C46H92N4O2. The lowest BCUT2D eigenvalue weighted by molar-refractivity contribution is -0.131. The molecule has 0 bridgehead atoms. The Hall–Kier alpha value is -1.40. The maximum atomic E-state index is 13.3. The first-order chi connectivity index (χ1) is 25.3. The third-order valence-corrected chi connectivity index (χ3v) is 10.6. The molecule has 2 amide bonds. The minimum Gasteiger partial charge on any atom is -0.339 e. The van der Waals surface area contributed by atoms with E-state index in [1.54, 1.807) is 0 Å². The normalized spacial score (nSPS) is 11.8. The van der Waals surface area contributed by atoms with Gasteiger partial charge in [0.2, 0.25) is 11.8 Å². The maximum Gasteiger partial charge on any atom is 0.222 e. The summed E-state index contributed by atoms with van der Waals surface area (Å²) < 4.78 is 0. The van der Waals surface area contributed by atoms with E-state index < -0.39 is 0 Å². The zero-order valence-corrected chi connectivity index (χ0v) is 36.2. The number of amides is 2. The van der Waals surface area contributed by atoms with Crippen molar-refractivity contribution in [2.24, 2.45) is 0 Å². The third kappa shape index (κ3) is 35.6. The topological polar surface area (TPSA) is 47.1 Å². The number of unbranched alkanes of at least 4 members (excludes halogenated alkanes) is 24. The molecule has 0 atom stereocenters. The van der Waals surface area contributed by atoms with Crippen LogP contribution >= 0.6 is 0 Å². The lowest BCUT2D eigenvalue weighted by Gasteiger charge is -2.24. The fraction of sp³-hybridized carbons (Fsp3) is 0.913. The van der Waals surface area contributed by atoms with Gasteiger partial charge in [0, 0.05) is 39.0 Å². The Labute approximate surface area is 326 Å². The van der Waals surface area contributed by atoms with Crippen molar-refractivity contribution in [3.05, 3.63) is 12.2 Å².